The van der Waals surface area contributed by atoms with Gasteiger partial charge in [0.05, 0.1) is 13.2 Å². The molecule has 1 saturated heterocycles. The number of morpholine rings is 1. The van der Waals surface area contributed by atoms with E-state index >= 15 is 0 Å². The van der Waals surface area contributed by atoms with Crippen molar-refractivity contribution in [3.63, 3.8) is 0 Å². The average molecular weight is 780 g/mol. The first-order chi connectivity index (χ1) is 28.2. The average Bonchev–Trinajstić information content (AvgIpc) is 3.22. The fourth-order valence-corrected chi connectivity index (χ4v) is 5.62. The van der Waals surface area contributed by atoms with Crippen molar-refractivity contribution >= 4 is 11.8 Å². The molecule has 0 aromatic carbocycles. The van der Waals surface area contributed by atoms with Gasteiger partial charge < -0.3 is 15.4 Å². The van der Waals surface area contributed by atoms with Crippen LogP contribution in [0.25, 0.3) is 0 Å². The number of ether oxygens (including phenoxy) is 1. The lowest BCUT2D eigenvalue weighted by atomic mass is 10.2. The molecule has 57 heavy (non-hydrogen) atoms. The van der Waals surface area contributed by atoms with Gasteiger partial charge in [-0.15, -0.1) is 0 Å². The highest BCUT2D eigenvalue weighted by molar-refractivity contribution is 5.76. The maximum atomic E-state index is 12.6. The van der Waals surface area contributed by atoms with Crippen LogP contribution in [0.5, 0.6) is 0 Å². The normalized spacial score (nSPS) is 15.1. The van der Waals surface area contributed by atoms with Crippen molar-refractivity contribution < 1.29 is 14.3 Å². The van der Waals surface area contributed by atoms with E-state index in [0.29, 0.717) is 52.0 Å². The first kappa shape index (κ1) is 50.8. The molecule has 1 rings (SSSR count). The lowest BCUT2D eigenvalue weighted by Gasteiger charge is -2.34. The Morgan fingerprint density at radius 3 is 0.982 bits per heavy atom. The van der Waals surface area contributed by atoms with E-state index in [-0.39, 0.29) is 17.9 Å². The van der Waals surface area contributed by atoms with Gasteiger partial charge in [-0.25, -0.2) is 0 Å². The van der Waals surface area contributed by atoms with Gasteiger partial charge in [-0.05, 0) is 89.9 Å². The molecule has 6 heteroatoms. The third-order valence-electron chi connectivity index (χ3n) is 8.90. The van der Waals surface area contributed by atoms with Crippen LogP contribution in [0.2, 0.25) is 0 Å². The van der Waals surface area contributed by atoms with E-state index in [0.717, 1.165) is 90.1 Å². The molecular weight excluding hydrogens is 703 g/mol. The molecule has 1 aliphatic heterocycles. The summed E-state index contributed by atoms with van der Waals surface area (Å²) < 4.78 is 5.54. The Labute approximate surface area is 348 Å². The van der Waals surface area contributed by atoms with E-state index in [9.17, 15) is 9.59 Å². The van der Waals surface area contributed by atoms with Gasteiger partial charge in [0.15, 0.2) is 0 Å². The summed E-state index contributed by atoms with van der Waals surface area (Å²) in [5.41, 5.74) is 0. The second-order valence-corrected chi connectivity index (χ2v) is 13.8. The molecule has 0 radical (unpaired) electrons. The highest BCUT2D eigenvalue weighted by Crippen LogP contribution is 2.05. The molecular formula is C51H77N3O3. The highest BCUT2D eigenvalue weighted by Gasteiger charge is 2.22. The van der Waals surface area contributed by atoms with Crippen LogP contribution >= 0.6 is 0 Å². The minimum Gasteiger partial charge on any atom is -0.379 e. The van der Waals surface area contributed by atoms with Crippen LogP contribution in [-0.2, 0) is 14.3 Å². The SMILES string of the molecule is CC/C=C\C/C=C\C/C=C\C/C=C\C/C=C\C/C=C\CCC(=O)NCC(CNC(=O)CC/C=C\C/C=C\C/C=C\C/C=C\C/C=C\C/C=C\CC)N1CCOCC1. The molecule has 6 nitrogen and oxygen atoms in total. The molecule has 0 atom stereocenters. The Bertz CT molecular complexity index is 1260. The second kappa shape index (κ2) is 41.4. The lowest BCUT2D eigenvalue weighted by Crippen LogP contribution is -2.53. The minimum atomic E-state index is 0.0387. The second-order valence-electron chi connectivity index (χ2n) is 13.8. The van der Waals surface area contributed by atoms with Crippen molar-refractivity contribution in [3.05, 3.63) is 146 Å². The van der Waals surface area contributed by atoms with Crippen molar-refractivity contribution in [2.45, 2.75) is 123 Å². The summed E-state index contributed by atoms with van der Waals surface area (Å²) in [6, 6.07) is 0.0403. The van der Waals surface area contributed by atoms with Crippen molar-refractivity contribution in [2.75, 3.05) is 39.4 Å². The lowest BCUT2D eigenvalue weighted by molar-refractivity contribution is -0.121. The van der Waals surface area contributed by atoms with Gasteiger partial charge in [-0.3, -0.25) is 14.5 Å². The van der Waals surface area contributed by atoms with Crippen LogP contribution in [0.1, 0.15) is 117 Å². The maximum absolute atomic E-state index is 12.6. The largest absolute Gasteiger partial charge is 0.379 e. The third kappa shape index (κ3) is 35.9. The van der Waals surface area contributed by atoms with Crippen LogP contribution in [0.15, 0.2) is 146 Å². The Hall–Kier alpha value is -4.26. The number of rotatable bonds is 33. The van der Waals surface area contributed by atoms with Gasteiger partial charge in [0.25, 0.3) is 0 Å². The first-order valence-electron chi connectivity index (χ1n) is 21.8. The molecule has 0 saturated carbocycles. The van der Waals surface area contributed by atoms with Gasteiger partial charge in [-0.1, -0.05) is 160 Å². The van der Waals surface area contributed by atoms with Gasteiger partial charge in [0.1, 0.15) is 0 Å². The molecule has 2 N–H and O–H groups in total. The standard InChI is InChI=1S/C51H77N3O3/c1-3-5-7-9-11-13-15-17-19-21-23-25-27-29-31-33-35-37-39-41-50(55)52-47-49(54-43-45-57-46-44-54)48-53-51(56)42-40-38-36-34-32-30-28-26-24-22-20-18-16-14-12-10-8-6-4-2/h5-8,11-14,17-20,23-26,29-32,35-38,49H,3-4,9-10,15-16,21-22,27-28,33-34,39-48H2,1-2H3,(H,52,55)(H,53,56)/b7-5-,8-6-,13-11-,14-12-,19-17-,20-18-,25-23-,26-24-,31-29-,32-30-,37-35-,38-36-. The smallest absolute Gasteiger partial charge is 0.220 e. The predicted molar refractivity (Wildman–Crippen MR) is 247 cm³/mol. The number of nitrogens with one attached hydrogen (secondary N) is 2. The van der Waals surface area contributed by atoms with Gasteiger partial charge in [0.2, 0.25) is 11.8 Å². The molecule has 0 aliphatic carbocycles. The summed E-state index contributed by atoms with van der Waals surface area (Å²) in [5.74, 6) is 0.0773. The molecule has 1 aliphatic rings. The van der Waals surface area contributed by atoms with Crippen LogP contribution in [0, 0.1) is 0 Å². The Balaban J connectivity index is 2.19. The topological polar surface area (TPSA) is 70.7 Å². The summed E-state index contributed by atoms with van der Waals surface area (Å²) in [6.45, 7) is 8.27. The Kier molecular flexibility index (Phi) is 36.8. The zero-order valence-corrected chi connectivity index (χ0v) is 35.7. The van der Waals surface area contributed by atoms with Crippen molar-refractivity contribution in [1.82, 2.24) is 15.5 Å². The number of amides is 2. The zero-order chi connectivity index (χ0) is 41.0. The number of carbonyl (C=O) groups is 2. The molecule has 314 valence electrons. The van der Waals surface area contributed by atoms with Gasteiger partial charge >= 0.3 is 0 Å². The fraction of sp³-hybridized carbons (Fsp3) is 0.490. The van der Waals surface area contributed by atoms with Crippen molar-refractivity contribution in [3.8, 4) is 0 Å². The molecule has 0 bridgehead atoms. The minimum absolute atomic E-state index is 0.0387. The zero-order valence-electron chi connectivity index (χ0n) is 35.7. The van der Waals surface area contributed by atoms with Crippen LogP contribution in [-0.4, -0.2) is 62.1 Å². The van der Waals surface area contributed by atoms with Crippen LogP contribution in [0.3, 0.4) is 0 Å². The quantitative estimate of drug-likeness (QED) is 0.0651. The van der Waals surface area contributed by atoms with Crippen LogP contribution < -0.4 is 10.6 Å². The van der Waals surface area contributed by atoms with Crippen LogP contribution in [0.4, 0.5) is 0 Å². The number of nitrogens with zero attached hydrogens (tertiary/aromatic N) is 1. The molecule has 1 fully saturated rings. The van der Waals surface area contributed by atoms with E-state index in [1.165, 1.54) is 0 Å². The van der Waals surface area contributed by atoms with E-state index in [1.54, 1.807) is 0 Å². The number of carbonyl (C=O) groups excluding carboxylic acids is 2. The molecule has 0 spiro atoms. The molecule has 0 aromatic heterocycles. The highest BCUT2D eigenvalue weighted by atomic mass is 16.5. The predicted octanol–water partition coefficient (Wildman–Crippen LogP) is 11.9. The van der Waals surface area contributed by atoms with E-state index in [2.05, 4.69) is 175 Å². The monoisotopic (exact) mass is 780 g/mol. The Morgan fingerprint density at radius 1 is 0.439 bits per heavy atom. The number of hydrogen-bond donors (Lipinski definition) is 2. The molecule has 0 unspecified atom stereocenters. The molecule has 0 aromatic rings. The summed E-state index contributed by atoms with van der Waals surface area (Å²) >= 11 is 0. The fourth-order valence-electron chi connectivity index (χ4n) is 5.62. The molecule has 1 heterocycles. The summed E-state index contributed by atoms with van der Waals surface area (Å²) in [6.07, 6.45) is 66.5. The van der Waals surface area contributed by atoms with Crippen molar-refractivity contribution in [2.24, 2.45) is 0 Å². The van der Waals surface area contributed by atoms with Gasteiger partial charge in [0, 0.05) is 45.1 Å². The summed E-state index contributed by atoms with van der Waals surface area (Å²) in [4.78, 5) is 27.5. The first-order valence-corrected chi connectivity index (χ1v) is 21.8. The van der Waals surface area contributed by atoms with E-state index in [4.69, 9.17) is 4.74 Å². The molecule has 2 amide bonds. The van der Waals surface area contributed by atoms with Gasteiger partial charge in [-0.2, -0.15) is 0 Å². The summed E-state index contributed by atoms with van der Waals surface area (Å²) in [7, 11) is 0. The Morgan fingerprint density at radius 2 is 0.702 bits per heavy atom. The number of allylic oxidation sites excluding steroid dienone is 24. The van der Waals surface area contributed by atoms with E-state index in [1.807, 2.05) is 0 Å². The maximum Gasteiger partial charge on any atom is 0.220 e. The summed E-state index contributed by atoms with van der Waals surface area (Å²) in [5, 5.41) is 6.20. The van der Waals surface area contributed by atoms with Crippen molar-refractivity contribution in [1.29, 1.82) is 0 Å². The third-order valence-corrected chi connectivity index (χ3v) is 8.90. The number of hydrogen-bond acceptors (Lipinski definition) is 4. The van der Waals surface area contributed by atoms with E-state index < -0.39 is 0 Å².